The summed E-state index contributed by atoms with van der Waals surface area (Å²) in [5.74, 6) is 2.94. The van der Waals surface area contributed by atoms with E-state index in [1.54, 1.807) is 11.3 Å². The van der Waals surface area contributed by atoms with Gasteiger partial charge in [-0.3, -0.25) is 0 Å². The van der Waals surface area contributed by atoms with Crippen molar-refractivity contribution in [2.75, 3.05) is 6.61 Å². The van der Waals surface area contributed by atoms with E-state index in [9.17, 15) is 9.59 Å². The van der Waals surface area contributed by atoms with Crippen molar-refractivity contribution in [2.24, 2.45) is 29.6 Å². The maximum absolute atomic E-state index is 13.3. The fourth-order valence-electron chi connectivity index (χ4n) is 8.02. The fourth-order valence-corrected chi connectivity index (χ4v) is 8.93. The predicted octanol–water partition coefficient (Wildman–Crippen LogP) is 8.37. The highest BCUT2D eigenvalue weighted by Crippen LogP contribution is 2.59. The number of hydrogen-bond donors (Lipinski definition) is 0. The van der Waals surface area contributed by atoms with Crippen LogP contribution in [-0.4, -0.2) is 18.5 Å². The highest BCUT2D eigenvalue weighted by molar-refractivity contribution is 7.13. The van der Waals surface area contributed by atoms with E-state index >= 15 is 0 Å². The smallest absolute Gasteiger partial charge is 0.347 e. The van der Waals surface area contributed by atoms with Crippen LogP contribution in [0, 0.1) is 29.6 Å². The van der Waals surface area contributed by atoms with Crippen molar-refractivity contribution in [3.8, 4) is 16.2 Å². The van der Waals surface area contributed by atoms with Crippen LogP contribution in [-0.2, 0) is 14.3 Å². The van der Waals surface area contributed by atoms with E-state index < -0.39 is 11.9 Å². The van der Waals surface area contributed by atoms with Crippen LogP contribution in [0.25, 0.3) is 16.0 Å². The van der Waals surface area contributed by atoms with E-state index in [1.807, 2.05) is 0 Å². The standard InChI is InChI=1S/C34H38O4S/c1-2-3-4-5-12-37-27-10-8-22(9-11-27)28-18-26(19-39-28)29(23-6-7-23)31-32(34(36)38-33(31)35)30-24-14-20-13-21(16-24)17-25(30)15-20/h8-11,18-21,23-25H,2-7,12-17H2,1H3. The number of allylic oxidation sites excluding steroid dienone is 2. The molecule has 1 aromatic carbocycles. The molecule has 6 aliphatic rings. The largest absolute Gasteiger partial charge is 0.494 e. The number of unbranched alkanes of at least 4 members (excludes halogenated alkanes) is 3. The molecular formula is C34H38O4S. The van der Waals surface area contributed by atoms with Gasteiger partial charge >= 0.3 is 11.9 Å². The lowest BCUT2D eigenvalue weighted by atomic mass is 9.53. The maximum Gasteiger partial charge on any atom is 0.347 e. The number of thiophene rings is 1. The first-order valence-corrected chi connectivity index (χ1v) is 16.0. The van der Waals surface area contributed by atoms with Crippen LogP contribution in [0.3, 0.4) is 0 Å². The van der Waals surface area contributed by atoms with Crippen LogP contribution in [0.5, 0.6) is 5.75 Å². The Kier molecular flexibility index (Phi) is 6.74. The zero-order valence-electron chi connectivity index (χ0n) is 22.9. The lowest BCUT2D eigenvalue weighted by Gasteiger charge is -2.51. The third-order valence-electron chi connectivity index (χ3n) is 9.72. The molecule has 39 heavy (non-hydrogen) atoms. The molecule has 1 saturated heterocycles. The van der Waals surface area contributed by atoms with E-state index in [-0.39, 0.29) is 0 Å². The third-order valence-corrected chi connectivity index (χ3v) is 10.7. The molecule has 0 amide bonds. The van der Waals surface area contributed by atoms with Crippen molar-refractivity contribution in [3.63, 3.8) is 0 Å². The number of esters is 2. The first-order chi connectivity index (χ1) is 19.1. The highest BCUT2D eigenvalue weighted by atomic mass is 32.1. The van der Waals surface area contributed by atoms with E-state index in [0.717, 1.165) is 60.2 Å². The number of benzene rings is 1. The number of cyclic esters (lactones) is 2. The van der Waals surface area contributed by atoms with Crippen molar-refractivity contribution in [1.82, 2.24) is 0 Å². The summed E-state index contributed by atoms with van der Waals surface area (Å²) < 4.78 is 11.3. The summed E-state index contributed by atoms with van der Waals surface area (Å²) in [4.78, 5) is 27.7. The molecule has 8 rings (SSSR count). The summed E-state index contributed by atoms with van der Waals surface area (Å²) in [5.41, 5.74) is 5.81. The molecule has 1 aromatic heterocycles. The molecule has 204 valence electrons. The van der Waals surface area contributed by atoms with Gasteiger partial charge in [-0.05, 0) is 139 Å². The first kappa shape index (κ1) is 25.3. The Morgan fingerprint density at radius 2 is 1.64 bits per heavy atom. The van der Waals surface area contributed by atoms with E-state index in [1.165, 1.54) is 61.8 Å². The molecule has 6 fully saturated rings. The molecule has 2 heterocycles. The molecule has 5 aliphatic carbocycles. The van der Waals surface area contributed by atoms with Gasteiger partial charge in [0.1, 0.15) is 5.75 Å². The Morgan fingerprint density at radius 1 is 0.923 bits per heavy atom. The minimum atomic E-state index is -0.425. The van der Waals surface area contributed by atoms with Crippen molar-refractivity contribution in [2.45, 2.75) is 77.6 Å². The number of hydrogen-bond acceptors (Lipinski definition) is 5. The molecule has 2 aromatic rings. The second-order valence-corrected chi connectivity index (χ2v) is 13.4. The summed E-state index contributed by atoms with van der Waals surface area (Å²) in [6.07, 6.45) is 13.0. The highest BCUT2D eigenvalue weighted by Gasteiger charge is 2.51. The van der Waals surface area contributed by atoms with E-state index in [0.29, 0.717) is 28.9 Å². The van der Waals surface area contributed by atoms with Gasteiger partial charge in [0.2, 0.25) is 0 Å². The minimum absolute atomic E-state index is 0.330. The number of ether oxygens (including phenoxy) is 2. The molecule has 0 spiro atoms. The Hall–Kier alpha value is -2.66. The van der Waals surface area contributed by atoms with Gasteiger partial charge in [-0.2, -0.15) is 0 Å². The molecule has 0 unspecified atom stereocenters. The molecule has 5 saturated carbocycles. The van der Waals surface area contributed by atoms with Gasteiger partial charge in [0.25, 0.3) is 0 Å². The van der Waals surface area contributed by atoms with Crippen molar-refractivity contribution in [3.05, 3.63) is 58.0 Å². The second-order valence-electron chi connectivity index (χ2n) is 12.5. The number of carbonyl (C=O) groups excluding carboxylic acids is 2. The Bertz CT molecular complexity index is 1310. The van der Waals surface area contributed by atoms with E-state index in [4.69, 9.17) is 9.47 Å². The quantitative estimate of drug-likeness (QED) is 0.138. The van der Waals surface area contributed by atoms with Gasteiger partial charge in [0, 0.05) is 4.88 Å². The zero-order chi connectivity index (χ0) is 26.5. The first-order valence-electron chi connectivity index (χ1n) is 15.2. The molecule has 5 heteroatoms. The number of rotatable bonds is 9. The minimum Gasteiger partial charge on any atom is -0.494 e. The monoisotopic (exact) mass is 542 g/mol. The van der Waals surface area contributed by atoms with Gasteiger partial charge in [0.15, 0.2) is 0 Å². The van der Waals surface area contributed by atoms with E-state index in [2.05, 4.69) is 42.6 Å². The van der Waals surface area contributed by atoms with Crippen LogP contribution in [0.15, 0.2) is 52.4 Å². The summed E-state index contributed by atoms with van der Waals surface area (Å²) >= 11 is 1.70. The zero-order valence-corrected chi connectivity index (χ0v) is 23.7. The number of carbonyl (C=O) groups is 2. The Balaban J connectivity index is 1.19. The van der Waals surface area contributed by atoms with Gasteiger partial charge < -0.3 is 9.47 Å². The van der Waals surface area contributed by atoms with Crippen LogP contribution in [0.2, 0.25) is 0 Å². The summed E-state index contributed by atoms with van der Waals surface area (Å²) in [7, 11) is 0. The summed E-state index contributed by atoms with van der Waals surface area (Å²) in [6, 6.07) is 10.6. The molecule has 4 bridgehead atoms. The lowest BCUT2D eigenvalue weighted by Crippen LogP contribution is -2.41. The molecule has 0 atom stereocenters. The van der Waals surface area contributed by atoms with Gasteiger partial charge in [0.05, 0.1) is 17.8 Å². The Morgan fingerprint density at radius 3 is 2.31 bits per heavy atom. The average Bonchev–Trinajstić information content (AvgIpc) is 3.57. The van der Waals surface area contributed by atoms with Crippen molar-refractivity contribution < 1.29 is 19.1 Å². The molecule has 0 N–H and O–H groups in total. The normalized spacial score (nSPS) is 28.8. The topological polar surface area (TPSA) is 52.6 Å². The summed E-state index contributed by atoms with van der Waals surface area (Å²) in [6.45, 7) is 2.98. The van der Waals surface area contributed by atoms with Crippen LogP contribution < -0.4 is 4.74 Å². The van der Waals surface area contributed by atoms with Gasteiger partial charge in [-0.1, -0.05) is 26.2 Å². The third kappa shape index (κ3) is 4.81. The van der Waals surface area contributed by atoms with Crippen LogP contribution >= 0.6 is 11.3 Å². The Labute approximate surface area is 235 Å². The molecule has 0 radical (unpaired) electrons. The molecule has 1 aliphatic heterocycles. The van der Waals surface area contributed by atoms with Crippen molar-refractivity contribution >= 4 is 28.8 Å². The second kappa shape index (κ2) is 10.4. The predicted molar refractivity (Wildman–Crippen MR) is 154 cm³/mol. The van der Waals surface area contributed by atoms with Crippen LogP contribution in [0.4, 0.5) is 0 Å². The maximum atomic E-state index is 13.3. The fraction of sp³-hybridized carbons (Fsp3) is 0.529. The SMILES string of the molecule is CCCCCCOc1ccc(-c2cc(C(=C3C(=O)OC(=O)C3=C3C4CC5CC(C4)CC3C5)C3CC3)cs2)cc1. The summed E-state index contributed by atoms with van der Waals surface area (Å²) in [5, 5.41) is 2.17. The molecule has 4 nitrogen and oxygen atoms in total. The van der Waals surface area contributed by atoms with Gasteiger partial charge in [-0.15, -0.1) is 11.3 Å². The lowest BCUT2D eigenvalue weighted by molar-refractivity contribution is -0.149. The van der Waals surface area contributed by atoms with Crippen molar-refractivity contribution in [1.29, 1.82) is 0 Å². The van der Waals surface area contributed by atoms with Crippen LogP contribution in [0.1, 0.15) is 83.1 Å². The molecular weight excluding hydrogens is 504 g/mol. The van der Waals surface area contributed by atoms with Gasteiger partial charge in [-0.25, -0.2) is 9.59 Å². The average molecular weight is 543 g/mol.